The number of halogens is 2. The molecule has 0 spiro atoms. The van der Waals surface area contributed by atoms with E-state index in [4.69, 9.17) is 0 Å². The van der Waals surface area contributed by atoms with Crippen LogP contribution in [0.2, 0.25) is 0 Å². The summed E-state index contributed by atoms with van der Waals surface area (Å²) in [7, 11) is 0. The third-order valence-electron chi connectivity index (χ3n) is 2.90. The van der Waals surface area contributed by atoms with E-state index >= 15 is 0 Å². The molecule has 3 heteroatoms. The highest BCUT2D eigenvalue weighted by atomic mass is 19.1. The first-order valence-corrected chi connectivity index (χ1v) is 6.34. The van der Waals surface area contributed by atoms with Gasteiger partial charge in [0.05, 0.1) is 0 Å². The van der Waals surface area contributed by atoms with Gasteiger partial charge in [-0.1, -0.05) is 38.1 Å². The normalized spacial score (nSPS) is 11.0. The minimum Gasteiger partial charge on any atom is -0.310 e. The number of nitrogens with one attached hydrogen (secondary N) is 1. The van der Waals surface area contributed by atoms with E-state index < -0.39 is 0 Å². The Labute approximate surface area is 112 Å². The van der Waals surface area contributed by atoms with Gasteiger partial charge in [-0.15, -0.1) is 0 Å². The van der Waals surface area contributed by atoms with E-state index in [1.807, 2.05) is 19.9 Å². The third kappa shape index (κ3) is 3.61. The van der Waals surface area contributed by atoms with Crippen LogP contribution < -0.4 is 5.32 Å². The Kier molecular flexibility index (Phi) is 4.27. The Bertz CT molecular complexity index is 547. The zero-order chi connectivity index (χ0) is 13.8. The Morgan fingerprint density at radius 2 is 1.68 bits per heavy atom. The van der Waals surface area contributed by atoms with Crippen molar-refractivity contribution < 1.29 is 8.78 Å². The van der Waals surface area contributed by atoms with Gasteiger partial charge in [-0.25, -0.2) is 8.78 Å². The number of rotatable bonds is 4. The second-order valence-corrected chi connectivity index (χ2v) is 4.86. The van der Waals surface area contributed by atoms with Crippen molar-refractivity contribution in [2.75, 3.05) is 0 Å². The molecule has 0 heterocycles. The van der Waals surface area contributed by atoms with Crippen LogP contribution in [0.3, 0.4) is 0 Å². The van der Waals surface area contributed by atoms with Gasteiger partial charge in [0, 0.05) is 18.2 Å². The lowest BCUT2D eigenvalue weighted by molar-refractivity contribution is 0.582. The Morgan fingerprint density at radius 1 is 1.00 bits per heavy atom. The maximum atomic E-state index is 14.0. The minimum absolute atomic E-state index is 0.283. The van der Waals surface area contributed by atoms with Gasteiger partial charge in [-0.2, -0.15) is 0 Å². The summed E-state index contributed by atoms with van der Waals surface area (Å²) < 4.78 is 26.9. The van der Waals surface area contributed by atoms with Crippen molar-refractivity contribution in [3.8, 4) is 11.1 Å². The van der Waals surface area contributed by atoms with Crippen LogP contribution in [0.1, 0.15) is 19.4 Å². The molecule has 19 heavy (non-hydrogen) atoms. The fourth-order valence-corrected chi connectivity index (χ4v) is 1.85. The van der Waals surface area contributed by atoms with Crippen LogP contribution in [0.4, 0.5) is 8.78 Å². The van der Waals surface area contributed by atoms with Crippen molar-refractivity contribution in [1.29, 1.82) is 0 Å². The molecular formula is C16H17F2N. The van der Waals surface area contributed by atoms with Gasteiger partial charge in [0.25, 0.3) is 0 Å². The van der Waals surface area contributed by atoms with Crippen molar-refractivity contribution in [1.82, 2.24) is 5.32 Å². The topological polar surface area (TPSA) is 12.0 Å². The molecule has 0 atom stereocenters. The van der Waals surface area contributed by atoms with Crippen LogP contribution in [0.15, 0.2) is 42.5 Å². The molecule has 1 nitrogen and oxygen atoms in total. The summed E-state index contributed by atoms with van der Waals surface area (Å²) in [5.41, 5.74) is 2.08. The second kappa shape index (κ2) is 5.93. The van der Waals surface area contributed by atoms with Crippen molar-refractivity contribution in [2.45, 2.75) is 26.4 Å². The quantitative estimate of drug-likeness (QED) is 0.872. The predicted molar refractivity (Wildman–Crippen MR) is 73.8 cm³/mol. The Morgan fingerprint density at radius 3 is 2.26 bits per heavy atom. The molecule has 0 aliphatic carbocycles. The zero-order valence-electron chi connectivity index (χ0n) is 11.1. The molecule has 0 saturated heterocycles. The number of hydrogen-bond acceptors (Lipinski definition) is 1. The van der Waals surface area contributed by atoms with Crippen molar-refractivity contribution >= 4 is 0 Å². The number of benzene rings is 2. The highest BCUT2D eigenvalue weighted by Gasteiger charge is 2.06. The predicted octanol–water partition coefficient (Wildman–Crippen LogP) is 4.13. The lowest BCUT2D eigenvalue weighted by Crippen LogP contribution is -2.21. The summed E-state index contributed by atoms with van der Waals surface area (Å²) in [6, 6.07) is 11.3. The molecule has 0 fully saturated rings. The zero-order valence-corrected chi connectivity index (χ0v) is 11.1. The van der Waals surface area contributed by atoms with Gasteiger partial charge in [0.1, 0.15) is 11.6 Å². The van der Waals surface area contributed by atoms with E-state index in [2.05, 4.69) is 5.32 Å². The molecule has 2 aromatic rings. The average molecular weight is 261 g/mol. The van der Waals surface area contributed by atoms with E-state index in [0.717, 1.165) is 5.56 Å². The lowest BCUT2D eigenvalue weighted by Gasteiger charge is -2.10. The maximum absolute atomic E-state index is 14.0. The first kappa shape index (κ1) is 13.7. The first-order chi connectivity index (χ1) is 9.06. The molecule has 0 aliphatic heterocycles. The highest BCUT2D eigenvalue weighted by molar-refractivity contribution is 5.64. The molecule has 0 unspecified atom stereocenters. The maximum Gasteiger partial charge on any atom is 0.131 e. The monoisotopic (exact) mass is 261 g/mol. The van der Waals surface area contributed by atoms with Gasteiger partial charge in [0.2, 0.25) is 0 Å². The molecule has 0 radical (unpaired) electrons. The molecule has 0 saturated carbocycles. The first-order valence-electron chi connectivity index (χ1n) is 6.34. The van der Waals surface area contributed by atoms with Crippen molar-refractivity contribution in [3.05, 3.63) is 59.7 Å². The number of hydrogen-bond donors (Lipinski definition) is 1. The fourth-order valence-electron chi connectivity index (χ4n) is 1.85. The largest absolute Gasteiger partial charge is 0.310 e. The van der Waals surface area contributed by atoms with Gasteiger partial charge in [-0.05, 0) is 29.3 Å². The molecule has 0 aliphatic rings. The smallest absolute Gasteiger partial charge is 0.131 e. The van der Waals surface area contributed by atoms with Crippen LogP contribution in [-0.4, -0.2) is 6.04 Å². The molecular weight excluding hydrogens is 244 g/mol. The molecule has 0 bridgehead atoms. The highest BCUT2D eigenvalue weighted by Crippen LogP contribution is 2.23. The van der Waals surface area contributed by atoms with Gasteiger partial charge in [-0.3, -0.25) is 0 Å². The Balaban J connectivity index is 2.21. The molecule has 100 valence electrons. The van der Waals surface area contributed by atoms with Crippen LogP contribution in [0.5, 0.6) is 0 Å². The third-order valence-corrected chi connectivity index (χ3v) is 2.90. The SMILES string of the molecule is CC(C)NCc1ccc(-c2ccc(F)cc2)c(F)c1. The fraction of sp³-hybridized carbons (Fsp3) is 0.250. The summed E-state index contributed by atoms with van der Waals surface area (Å²) in [4.78, 5) is 0. The Hall–Kier alpha value is -1.74. The summed E-state index contributed by atoms with van der Waals surface area (Å²) >= 11 is 0. The van der Waals surface area contributed by atoms with Crippen molar-refractivity contribution in [2.24, 2.45) is 0 Å². The molecule has 1 N–H and O–H groups in total. The van der Waals surface area contributed by atoms with Gasteiger partial charge >= 0.3 is 0 Å². The van der Waals surface area contributed by atoms with Crippen molar-refractivity contribution in [3.63, 3.8) is 0 Å². The summed E-state index contributed by atoms with van der Waals surface area (Å²) in [5, 5.41) is 3.24. The van der Waals surface area contributed by atoms with E-state index in [1.165, 1.54) is 18.2 Å². The standard InChI is InChI=1S/C16H17F2N/c1-11(2)19-10-12-3-8-15(16(18)9-12)13-4-6-14(17)7-5-13/h3-9,11,19H,10H2,1-2H3. The minimum atomic E-state index is -0.318. The van der Waals surface area contributed by atoms with Gasteiger partial charge < -0.3 is 5.32 Å². The van der Waals surface area contributed by atoms with Crippen LogP contribution in [0, 0.1) is 11.6 Å². The van der Waals surface area contributed by atoms with E-state index in [1.54, 1.807) is 18.2 Å². The van der Waals surface area contributed by atoms with Crippen LogP contribution >= 0.6 is 0 Å². The molecule has 2 aromatic carbocycles. The van der Waals surface area contributed by atoms with E-state index in [0.29, 0.717) is 23.7 Å². The second-order valence-electron chi connectivity index (χ2n) is 4.86. The van der Waals surface area contributed by atoms with Gasteiger partial charge in [0.15, 0.2) is 0 Å². The summed E-state index contributed by atoms with van der Waals surface area (Å²) in [6.07, 6.45) is 0. The lowest BCUT2D eigenvalue weighted by atomic mass is 10.0. The average Bonchev–Trinajstić information content (AvgIpc) is 2.38. The molecule has 2 rings (SSSR count). The van der Waals surface area contributed by atoms with E-state index in [-0.39, 0.29) is 11.6 Å². The van der Waals surface area contributed by atoms with E-state index in [9.17, 15) is 8.78 Å². The molecule has 0 amide bonds. The summed E-state index contributed by atoms with van der Waals surface area (Å²) in [5.74, 6) is -0.600. The van der Waals surface area contributed by atoms with Crippen LogP contribution in [-0.2, 0) is 6.54 Å². The summed E-state index contributed by atoms with van der Waals surface area (Å²) in [6.45, 7) is 4.73. The molecule has 0 aromatic heterocycles. The van der Waals surface area contributed by atoms with Crippen LogP contribution in [0.25, 0.3) is 11.1 Å².